The summed E-state index contributed by atoms with van der Waals surface area (Å²) in [6.07, 6.45) is 0.644. The second-order valence-electron chi connectivity index (χ2n) is 4.07. The molecule has 0 aromatic rings. The van der Waals surface area contributed by atoms with Gasteiger partial charge in [-0.1, -0.05) is 69.6 Å². The fraction of sp³-hybridized carbons (Fsp3) is 0.800. The number of carbonyl (C=O) groups is 2. The Labute approximate surface area is 156 Å². The van der Waals surface area contributed by atoms with E-state index in [0.29, 0.717) is 12.8 Å². The molecule has 130 valence electrons. The Morgan fingerprint density at radius 2 is 1.32 bits per heavy atom. The van der Waals surface area contributed by atoms with E-state index < -0.39 is 25.5 Å². The number of carbonyl (C=O) groups excluding carboxylic acids is 2. The number of unbranched alkanes of at least 4 members (excludes halogenated alkanes) is 2. The molecule has 6 nitrogen and oxygen atoms in total. The normalized spacial score (nSPS) is 12.9. The maximum atomic E-state index is 11.2. The molecule has 0 amide bonds. The topological polar surface area (TPSA) is 93.1 Å². The van der Waals surface area contributed by atoms with Gasteiger partial charge in [0.2, 0.25) is 0 Å². The standard InChI is InChI=1S/C10H12Cl6O6/c11-9(12,13)6(17)21-5-3-1-2-4-8(19,20)22-7(18)10(14,15)16/h19-20H,1-5H2. The quantitative estimate of drug-likeness (QED) is 0.273. The van der Waals surface area contributed by atoms with Crippen LogP contribution in [0.3, 0.4) is 0 Å². The minimum atomic E-state index is -2.77. The third-order valence-electron chi connectivity index (χ3n) is 2.10. The van der Waals surface area contributed by atoms with Crippen molar-refractivity contribution in [3.63, 3.8) is 0 Å². The maximum Gasteiger partial charge on any atom is 0.362 e. The van der Waals surface area contributed by atoms with E-state index in [0.717, 1.165) is 0 Å². The second kappa shape index (κ2) is 9.18. The average molecular weight is 441 g/mol. The van der Waals surface area contributed by atoms with Crippen LogP contribution in [0.15, 0.2) is 0 Å². The molecule has 2 N–H and O–H groups in total. The van der Waals surface area contributed by atoms with E-state index in [2.05, 4.69) is 9.47 Å². The zero-order chi connectivity index (χ0) is 17.6. The van der Waals surface area contributed by atoms with Crippen molar-refractivity contribution >= 4 is 81.5 Å². The Morgan fingerprint density at radius 3 is 1.77 bits per heavy atom. The van der Waals surface area contributed by atoms with Crippen LogP contribution in [0.5, 0.6) is 0 Å². The molecule has 22 heavy (non-hydrogen) atoms. The predicted octanol–water partition coefficient (Wildman–Crippen LogP) is 3.01. The van der Waals surface area contributed by atoms with Crippen LogP contribution in [0.2, 0.25) is 0 Å². The fourth-order valence-electron chi connectivity index (χ4n) is 1.14. The van der Waals surface area contributed by atoms with Crippen LogP contribution in [0.1, 0.15) is 25.7 Å². The van der Waals surface area contributed by atoms with Crippen molar-refractivity contribution < 1.29 is 29.3 Å². The van der Waals surface area contributed by atoms with Gasteiger partial charge in [-0.3, -0.25) is 0 Å². The minimum absolute atomic E-state index is 0.0233. The molecule has 0 unspecified atom stereocenters. The lowest BCUT2D eigenvalue weighted by molar-refractivity contribution is -0.322. The highest BCUT2D eigenvalue weighted by molar-refractivity contribution is 6.76. The summed E-state index contributed by atoms with van der Waals surface area (Å²) in [7, 11) is 0. The van der Waals surface area contributed by atoms with Gasteiger partial charge in [-0.15, -0.1) is 0 Å². The van der Waals surface area contributed by atoms with Gasteiger partial charge < -0.3 is 19.7 Å². The number of esters is 2. The number of hydrogen-bond donors (Lipinski definition) is 2. The molecule has 0 fully saturated rings. The van der Waals surface area contributed by atoms with Crippen LogP contribution in [-0.2, 0) is 19.1 Å². The summed E-state index contributed by atoms with van der Waals surface area (Å²) in [6.45, 7) is -0.0233. The van der Waals surface area contributed by atoms with Crippen LogP contribution in [0.4, 0.5) is 0 Å². The summed E-state index contributed by atoms with van der Waals surface area (Å²) >= 11 is 31.5. The SMILES string of the molecule is O=C(OCCCCCC(O)(O)OC(=O)C(Cl)(Cl)Cl)C(Cl)(Cl)Cl. The molecule has 0 aliphatic heterocycles. The van der Waals surface area contributed by atoms with Crippen molar-refractivity contribution in [3.8, 4) is 0 Å². The van der Waals surface area contributed by atoms with Gasteiger partial charge in [-0.05, 0) is 19.3 Å². The summed E-state index contributed by atoms with van der Waals surface area (Å²) in [5.74, 6) is -5.19. The molecule has 0 rings (SSSR count). The second-order valence-corrected chi connectivity index (χ2v) is 8.64. The smallest absolute Gasteiger partial charge is 0.362 e. The Kier molecular flexibility index (Phi) is 9.43. The van der Waals surface area contributed by atoms with Crippen molar-refractivity contribution in [1.29, 1.82) is 0 Å². The van der Waals surface area contributed by atoms with Crippen LogP contribution < -0.4 is 0 Å². The first kappa shape index (κ1) is 22.6. The third kappa shape index (κ3) is 10.4. The van der Waals surface area contributed by atoms with Crippen LogP contribution in [0, 0.1) is 0 Å². The van der Waals surface area contributed by atoms with Crippen molar-refractivity contribution in [2.24, 2.45) is 0 Å². The summed E-state index contributed by atoms with van der Waals surface area (Å²) in [4.78, 5) is 22.2. The first-order chi connectivity index (χ1) is 9.76. The highest BCUT2D eigenvalue weighted by Gasteiger charge is 2.39. The van der Waals surface area contributed by atoms with E-state index in [1.807, 2.05) is 0 Å². The molecule has 0 saturated carbocycles. The molecule has 0 heterocycles. The largest absolute Gasteiger partial charge is 0.463 e. The van der Waals surface area contributed by atoms with E-state index in [1.54, 1.807) is 0 Å². The van der Waals surface area contributed by atoms with Crippen LogP contribution in [0.25, 0.3) is 0 Å². The molecular weight excluding hydrogens is 429 g/mol. The van der Waals surface area contributed by atoms with E-state index in [9.17, 15) is 19.8 Å². The third-order valence-corrected chi connectivity index (χ3v) is 3.02. The van der Waals surface area contributed by atoms with E-state index in [-0.39, 0.29) is 19.4 Å². The predicted molar refractivity (Wildman–Crippen MR) is 83.3 cm³/mol. The zero-order valence-corrected chi connectivity index (χ0v) is 15.4. The van der Waals surface area contributed by atoms with Crippen molar-refractivity contribution in [2.75, 3.05) is 6.61 Å². The fourth-order valence-corrected chi connectivity index (χ4v) is 1.42. The van der Waals surface area contributed by atoms with Crippen LogP contribution >= 0.6 is 69.6 Å². The molecule has 0 spiro atoms. The van der Waals surface area contributed by atoms with Gasteiger partial charge >= 0.3 is 17.9 Å². The molecule has 0 saturated heterocycles. The molecule has 0 radical (unpaired) electrons. The van der Waals surface area contributed by atoms with Gasteiger partial charge in [0.15, 0.2) is 0 Å². The van der Waals surface area contributed by atoms with E-state index in [1.165, 1.54) is 0 Å². The highest BCUT2D eigenvalue weighted by Crippen LogP contribution is 2.30. The van der Waals surface area contributed by atoms with Gasteiger partial charge in [0.25, 0.3) is 7.59 Å². The molecule has 0 aromatic carbocycles. The number of alkyl halides is 6. The average Bonchev–Trinajstić information content (AvgIpc) is 2.30. The van der Waals surface area contributed by atoms with Gasteiger partial charge in [0.1, 0.15) is 0 Å². The summed E-state index contributed by atoms with van der Waals surface area (Å²) in [5, 5.41) is 18.8. The first-order valence-electron chi connectivity index (χ1n) is 5.74. The van der Waals surface area contributed by atoms with Gasteiger partial charge in [-0.2, -0.15) is 0 Å². The molecule has 12 heteroatoms. The van der Waals surface area contributed by atoms with Gasteiger partial charge in [0.05, 0.1) is 6.61 Å². The lowest BCUT2D eigenvalue weighted by atomic mass is 10.2. The van der Waals surface area contributed by atoms with Gasteiger partial charge in [-0.25, -0.2) is 9.59 Å². The van der Waals surface area contributed by atoms with Crippen molar-refractivity contribution in [1.82, 2.24) is 0 Å². The molecular formula is C10H12Cl6O6. The summed E-state index contributed by atoms with van der Waals surface area (Å²) < 4.78 is 4.32. The summed E-state index contributed by atoms with van der Waals surface area (Å²) in [6, 6.07) is 0. The van der Waals surface area contributed by atoms with E-state index in [4.69, 9.17) is 69.6 Å². The molecule has 0 aliphatic rings. The molecule has 0 aliphatic carbocycles. The van der Waals surface area contributed by atoms with Gasteiger partial charge in [0, 0.05) is 6.42 Å². The molecule has 0 aromatic heterocycles. The maximum absolute atomic E-state index is 11.2. The lowest BCUT2D eigenvalue weighted by Crippen LogP contribution is -2.38. The number of ether oxygens (including phenoxy) is 2. The first-order valence-corrected chi connectivity index (χ1v) is 8.01. The Hall–Kier alpha value is 0.600. The van der Waals surface area contributed by atoms with Crippen molar-refractivity contribution in [2.45, 2.75) is 39.2 Å². The molecule has 0 bridgehead atoms. The lowest BCUT2D eigenvalue weighted by Gasteiger charge is -2.23. The van der Waals surface area contributed by atoms with E-state index >= 15 is 0 Å². The molecule has 0 atom stereocenters. The Balaban J connectivity index is 3.91. The number of rotatable bonds is 7. The number of aliphatic hydroxyl groups is 2. The minimum Gasteiger partial charge on any atom is -0.463 e. The Morgan fingerprint density at radius 1 is 0.818 bits per heavy atom. The number of halogens is 6. The Bertz CT molecular complexity index is 388. The monoisotopic (exact) mass is 438 g/mol. The highest BCUT2D eigenvalue weighted by atomic mass is 35.6. The zero-order valence-electron chi connectivity index (χ0n) is 10.8. The summed E-state index contributed by atoms with van der Waals surface area (Å²) in [5.41, 5.74) is 0. The van der Waals surface area contributed by atoms with Crippen molar-refractivity contribution in [3.05, 3.63) is 0 Å². The number of hydrogen-bond acceptors (Lipinski definition) is 6. The van der Waals surface area contributed by atoms with Crippen LogP contribution in [-0.4, -0.2) is 42.3 Å².